The lowest BCUT2D eigenvalue weighted by molar-refractivity contribution is 0.267. The Labute approximate surface area is 125 Å². The van der Waals surface area contributed by atoms with Crippen LogP contribution in [0.4, 0.5) is 5.95 Å². The SMILES string of the molecule is CCCC1CCC(n2c(N)nc3cc(Cl)ccc32)CC1. The standard InChI is InChI=1S/C16H22ClN3/c1-2-3-11-4-7-13(8-5-11)20-15-9-6-12(17)10-14(15)19-16(20)18/h6,9-11,13H,2-5,7-8H2,1H3,(H2,18,19). The van der Waals surface area contributed by atoms with Crippen LogP contribution in [-0.4, -0.2) is 9.55 Å². The van der Waals surface area contributed by atoms with Gasteiger partial charge in [-0.1, -0.05) is 31.4 Å². The molecular weight excluding hydrogens is 270 g/mol. The minimum atomic E-state index is 0.495. The number of nitrogens with two attached hydrogens (primary N) is 1. The lowest BCUT2D eigenvalue weighted by Gasteiger charge is -2.30. The average molecular weight is 292 g/mol. The second-order valence-electron chi connectivity index (χ2n) is 5.94. The van der Waals surface area contributed by atoms with E-state index in [0.29, 0.717) is 17.0 Å². The predicted octanol–water partition coefficient (Wildman–Crippen LogP) is 4.80. The van der Waals surface area contributed by atoms with Gasteiger partial charge >= 0.3 is 0 Å². The van der Waals surface area contributed by atoms with Crippen LogP contribution in [0.5, 0.6) is 0 Å². The first-order valence-electron chi connectivity index (χ1n) is 7.62. The van der Waals surface area contributed by atoms with Gasteiger partial charge in [0.1, 0.15) is 0 Å². The summed E-state index contributed by atoms with van der Waals surface area (Å²) in [6.45, 7) is 2.27. The highest BCUT2D eigenvalue weighted by Crippen LogP contribution is 2.37. The van der Waals surface area contributed by atoms with Crippen molar-refractivity contribution < 1.29 is 0 Å². The molecule has 1 aromatic heterocycles. The Morgan fingerprint density at radius 3 is 2.75 bits per heavy atom. The van der Waals surface area contributed by atoms with Crippen molar-refractivity contribution in [3.05, 3.63) is 23.2 Å². The Morgan fingerprint density at radius 1 is 1.30 bits per heavy atom. The molecule has 0 saturated heterocycles. The van der Waals surface area contributed by atoms with E-state index in [2.05, 4.69) is 16.5 Å². The molecule has 1 saturated carbocycles. The molecule has 108 valence electrons. The van der Waals surface area contributed by atoms with Crippen LogP contribution in [0.3, 0.4) is 0 Å². The maximum absolute atomic E-state index is 6.14. The van der Waals surface area contributed by atoms with E-state index in [0.717, 1.165) is 17.0 Å². The van der Waals surface area contributed by atoms with Crippen molar-refractivity contribution in [2.24, 2.45) is 5.92 Å². The highest BCUT2D eigenvalue weighted by Gasteiger charge is 2.24. The number of hydrogen-bond acceptors (Lipinski definition) is 2. The van der Waals surface area contributed by atoms with Gasteiger partial charge in [0.2, 0.25) is 5.95 Å². The zero-order chi connectivity index (χ0) is 14.1. The summed E-state index contributed by atoms with van der Waals surface area (Å²) in [4.78, 5) is 4.46. The normalized spacial score (nSPS) is 23.3. The molecule has 1 aliphatic carbocycles. The van der Waals surface area contributed by atoms with Gasteiger partial charge in [-0.2, -0.15) is 0 Å². The highest BCUT2D eigenvalue weighted by atomic mass is 35.5. The summed E-state index contributed by atoms with van der Waals surface area (Å²) in [6.07, 6.45) is 7.70. The monoisotopic (exact) mass is 291 g/mol. The van der Waals surface area contributed by atoms with E-state index >= 15 is 0 Å². The Morgan fingerprint density at radius 2 is 2.05 bits per heavy atom. The van der Waals surface area contributed by atoms with Crippen LogP contribution in [0.15, 0.2) is 18.2 Å². The first-order valence-corrected chi connectivity index (χ1v) is 7.99. The third kappa shape index (κ3) is 2.51. The minimum Gasteiger partial charge on any atom is -0.369 e. The van der Waals surface area contributed by atoms with Gasteiger partial charge in [-0.15, -0.1) is 0 Å². The molecule has 3 rings (SSSR count). The van der Waals surface area contributed by atoms with Gasteiger partial charge in [-0.3, -0.25) is 0 Å². The van der Waals surface area contributed by atoms with Crippen LogP contribution in [0.1, 0.15) is 51.5 Å². The molecule has 1 aromatic carbocycles. The van der Waals surface area contributed by atoms with E-state index in [1.165, 1.54) is 38.5 Å². The molecule has 0 atom stereocenters. The molecule has 20 heavy (non-hydrogen) atoms. The van der Waals surface area contributed by atoms with Gasteiger partial charge in [-0.05, 0) is 49.8 Å². The molecule has 1 aliphatic rings. The van der Waals surface area contributed by atoms with E-state index < -0.39 is 0 Å². The molecule has 1 heterocycles. The van der Waals surface area contributed by atoms with Crippen LogP contribution >= 0.6 is 11.6 Å². The van der Waals surface area contributed by atoms with E-state index in [-0.39, 0.29) is 0 Å². The second-order valence-corrected chi connectivity index (χ2v) is 6.37. The maximum Gasteiger partial charge on any atom is 0.201 e. The number of benzene rings is 1. The van der Waals surface area contributed by atoms with Gasteiger partial charge in [-0.25, -0.2) is 4.98 Å². The molecule has 0 spiro atoms. The number of anilines is 1. The predicted molar refractivity (Wildman–Crippen MR) is 85.1 cm³/mol. The Kier molecular flexibility index (Phi) is 3.88. The molecule has 1 fully saturated rings. The number of rotatable bonds is 3. The highest BCUT2D eigenvalue weighted by molar-refractivity contribution is 6.31. The van der Waals surface area contributed by atoms with E-state index in [1.807, 2.05) is 18.2 Å². The first-order chi connectivity index (χ1) is 9.69. The number of aromatic nitrogens is 2. The molecule has 0 bridgehead atoms. The van der Waals surface area contributed by atoms with Gasteiger partial charge < -0.3 is 10.3 Å². The fraction of sp³-hybridized carbons (Fsp3) is 0.562. The average Bonchev–Trinajstić information content (AvgIpc) is 2.75. The molecule has 0 unspecified atom stereocenters. The topological polar surface area (TPSA) is 43.8 Å². The van der Waals surface area contributed by atoms with E-state index in [9.17, 15) is 0 Å². The molecule has 2 aromatic rings. The van der Waals surface area contributed by atoms with Crippen molar-refractivity contribution in [2.45, 2.75) is 51.5 Å². The number of fused-ring (bicyclic) bond motifs is 1. The van der Waals surface area contributed by atoms with Crippen LogP contribution in [-0.2, 0) is 0 Å². The number of hydrogen-bond donors (Lipinski definition) is 1. The van der Waals surface area contributed by atoms with Crippen LogP contribution in [0, 0.1) is 5.92 Å². The van der Waals surface area contributed by atoms with Crippen molar-refractivity contribution in [2.75, 3.05) is 5.73 Å². The summed E-state index contributed by atoms with van der Waals surface area (Å²) in [5, 5.41) is 0.716. The summed E-state index contributed by atoms with van der Waals surface area (Å²) >= 11 is 6.03. The molecular formula is C16H22ClN3. The lowest BCUT2D eigenvalue weighted by atomic mass is 9.83. The Bertz CT molecular complexity index is 597. The van der Waals surface area contributed by atoms with Crippen molar-refractivity contribution in [3.8, 4) is 0 Å². The largest absolute Gasteiger partial charge is 0.369 e. The van der Waals surface area contributed by atoms with Gasteiger partial charge in [0, 0.05) is 11.1 Å². The van der Waals surface area contributed by atoms with E-state index in [1.54, 1.807) is 0 Å². The Hall–Kier alpha value is -1.22. The van der Waals surface area contributed by atoms with Crippen molar-refractivity contribution in [3.63, 3.8) is 0 Å². The minimum absolute atomic E-state index is 0.495. The fourth-order valence-electron chi connectivity index (χ4n) is 3.57. The first kappa shape index (κ1) is 13.7. The fourth-order valence-corrected chi connectivity index (χ4v) is 3.74. The molecule has 0 amide bonds. The zero-order valence-electron chi connectivity index (χ0n) is 12.0. The quantitative estimate of drug-likeness (QED) is 0.882. The summed E-state index contributed by atoms with van der Waals surface area (Å²) < 4.78 is 2.22. The molecule has 0 radical (unpaired) electrons. The molecule has 3 nitrogen and oxygen atoms in total. The third-order valence-electron chi connectivity index (χ3n) is 4.56. The summed E-state index contributed by atoms with van der Waals surface area (Å²) in [5.74, 6) is 1.53. The van der Waals surface area contributed by atoms with Gasteiger partial charge in [0.25, 0.3) is 0 Å². The summed E-state index contributed by atoms with van der Waals surface area (Å²) in [6, 6.07) is 6.35. The number of imidazole rings is 1. The molecule has 0 aliphatic heterocycles. The summed E-state index contributed by atoms with van der Waals surface area (Å²) in [5.41, 5.74) is 8.16. The van der Waals surface area contributed by atoms with Crippen molar-refractivity contribution in [1.82, 2.24) is 9.55 Å². The Balaban J connectivity index is 1.86. The van der Waals surface area contributed by atoms with Gasteiger partial charge in [0.15, 0.2) is 0 Å². The zero-order valence-corrected chi connectivity index (χ0v) is 12.7. The third-order valence-corrected chi connectivity index (χ3v) is 4.79. The van der Waals surface area contributed by atoms with Crippen molar-refractivity contribution in [1.29, 1.82) is 0 Å². The molecule has 2 N–H and O–H groups in total. The summed E-state index contributed by atoms with van der Waals surface area (Å²) in [7, 11) is 0. The van der Waals surface area contributed by atoms with Crippen LogP contribution in [0.25, 0.3) is 11.0 Å². The number of halogens is 1. The van der Waals surface area contributed by atoms with Crippen LogP contribution in [0.2, 0.25) is 5.02 Å². The van der Waals surface area contributed by atoms with Crippen LogP contribution < -0.4 is 5.73 Å². The van der Waals surface area contributed by atoms with Crippen molar-refractivity contribution >= 4 is 28.6 Å². The van der Waals surface area contributed by atoms with E-state index in [4.69, 9.17) is 17.3 Å². The molecule has 4 heteroatoms. The number of nitrogens with zero attached hydrogens (tertiary/aromatic N) is 2. The lowest BCUT2D eigenvalue weighted by Crippen LogP contribution is -2.19. The number of nitrogen functional groups attached to an aromatic ring is 1. The van der Waals surface area contributed by atoms with Gasteiger partial charge in [0.05, 0.1) is 11.0 Å². The maximum atomic E-state index is 6.14. The smallest absolute Gasteiger partial charge is 0.201 e. The second kappa shape index (κ2) is 5.65.